The number of nitrogen functional groups attached to an aromatic ring is 1. The van der Waals surface area contributed by atoms with Gasteiger partial charge in [0.25, 0.3) is 0 Å². The fourth-order valence-corrected chi connectivity index (χ4v) is 1.91. The molecule has 2 aromatic rings. The predicted octanol–water partition coefficient (Wildman–Crippen LogP) is 2.33. The van der Waals surface area contributed by atoms with Crippen LogP contribution in [0.25, 0.3) is 11.1 Å². The quantitative estimate of drug-likeness (QED) is 0.732. The fraction of sp³-hybridized carbons (Fsp3) is 0. The maximum absolute atomic E-state index is 11.3. The summed E-state index contributed by atoms with van der Waals surface area (Å²) in [6, 6.07) is 11.0. The van der Waals surface area contributed by atoms with Crippen molar-refractivity contribution in [2.45, 2.75) is 0 Å². The van der Waals surface area contributed by atoms with Crippen molar-refractivity contribution in [1.82, 2.24) is 0 Å². The third-order valence-corrected chi connectivity index (χ3v) is 2.71. The van der Waals surface area contributed by atoms with Gasteiger partial charge in [-0.2, -0.15) is 0 Å². The molecule has 5 nitrogen and oxygen atoms in total. The molecule has 0 saturated heterocycles. The van der Waals surface area contributed by atoms with Gasteiger partial charge in [0.2, 0.25) is 0 Å². The number of hydrogen-bond donors (Lipinski definition) is 3. The lowest BCUT2D eigenvalue weighted by Crippen LogP contribution is -2.09. The van der Waals surface area contributed by atoms with Crippen molar-refractivity contribution in [3.63, 3.8) is 0 Å². The second-order valence-electron chi connectivity index (χ2n) is 3.96. The summed E-state index contributed by atoms with van der Waals surface area (Å²) in [6.45, 7) is 0. The molecule has 0 heterocycles. The molecule has 4 N–H and O–H groups in total. The minimum Gasteiger partial charge on any atom is -0.478 e. The van der Waals surface area contributed by atoms with Crippen molar-refractivity contribution in [2.24, 2.45) is 0 Å². The topological polar surface area (TPSA) is 101 Å². The van der Waals surface area contributed by atoms with E-state index in [1.165, 1.54) is 12.1 Å². The number of carboxylic acids is 2. The van der Waals surface area contributed by atoms with Crippen LogP contribution in [0.3, 0.4) is 0 Å². The molecule has 96 valence electrons. The molecule has 0 saturated carbocycles. The van der Waals surface area contributed by atoms with Gasteiger partial charge in [-0.15, -0.1) is 0 Å². The zero-order valence-corrected chi connectivity index (χ0v) is 9.83. The zero-order valence-electron chi connectivity index (χ0n) is 9.83. The lowest BCUT2D eigenvalue weighted by Gasteiger charge is -2.09. The SMILES string of the molecule is Nc1cccc(-c2cccc(C(=O)O)c2C(=O)O)c1. The van der Waals surface area contributed by atoms with E-state index in [0.717, 1.165) is 0 Å². The molecule has 0 radical (unpaired) electrons. The largest absolute Gasteiger partial charge is 0.478 e. The highest BCUT2D eigenvalue weighted by Gasteiger charge is 2.20. The van der Waals surface area contributed by atoms with Crippen molar-refractivity contribution < 1.29 is 19.8 Å². The van der Waals surface area contributed by atoms with E-state index in [1.54, 1.807) is 30.3 Å². The van der Waals surface area contributed by atoms with E-state index in [1.807, 2.05) is 0 Å². The molecule has 2 rings (SSSR count). The van der Waals surface area contributed by atoms with Gasteiger partial charge in [0, 0.05) is 5.69 Å². The lowest BCUT2D eigenvalue weighted by atomic mass is 9.95. The minimum absolute atomic E-state index is 0.236. The van der Waals surface area contributed by atoms with Crippen LogP contribution in [-0.4, -0.2) is 22.2 Å². The van der Waals surface area contributed by atoms with E-state index in [9.17, 15) is 14.7 Å². The molecule has 0 aromatic heterocycles. The molecule has 0 amide bonds. The molecule has 19 heavy (non-hydrogen) atoms. The first kappa shape index (κ1) is 12.6. The van der Waals surface area contributed by atoms with E-state index >= 15 is 0 Å². The maximum Gasteiger partial charge on any atom is 0.337 e. The average Bonchev–Trinajstić information content (AvgIpc) is 2.37. The van der Waals surface area contributed by atoms with Crippen molar-refractivity contribution in [2.75, 3.05) is 5.73 Å². The first-order chi connectivity index (χ1) is 9.00. The first-order valence-corrected chi connectivity index (χ1v) is 5.46. The minimum atomic E-state index is -1.28. The number of hydrogen-bond acceptors (Lipinski definition) is 3. The Morgan fingerprint density at radius 1 is 0.947 bits per heavy atom. The lowest BCUT2D eigenvalue weighted by molar-refractivity contribution is 0.0652. The van der Waals surface area contributed by atoms with Crippen LogP contribution in [0.1, 0.15) is 20.7 Å². The molecule has 0 fully saturated rings. The highest BCUT2D eigenvalue weighted by Crippen LogP contribution is 2.27. The molecule has 0 spiro atoms. The van der Waals surface area contributed by atoms with Crippen LogP contribution in [0.5, 0.6) is 0 Å². The zero-order chi connectivity index (χ0) is 14.0. The number of anilines is 1. The summed E-state index contributed by atoms with van der Waals surface area (Å²) >= 11 is 0. The van der Waals surface area contributed by atoms with Gasteiger partial charge in [-0.25, -0.2) is 9.59 Å². The molecule has 0 bridgehead atoms. The Balaban J connectivity index is 2.73. The summed E-state index contributed by atoms with van der Waals surface area (Å²) in [5, 5.41) is 18.3. The summed E-state index contributed by atoms with van der Waals surface area (Å²) in [5.41, 5.74) is 6.56. The van der Waals surface area contributed by atoms with E-state index in [-0.39, 0.29) is 11.1 Å². The van der Waals surface area contributed by atoms with Gasteiger partial charge in [-0.05, 0) is 29.3 Å². The van der Waals surface area contributed by atoms with Gasteiger partial charge >= 0.3 is 11.9 Å². The molecule has 0 aliphatic rings. The standard InChI is InChI=1S/C14H11NO4/c15-9-4-1-3-8(7-9)10-5-2-6-11(13(16)17)12(10)14(18)19/h1-7H,15H2,(H,16,17)(H,18,19). The van der Waals surface area contributed by atoms with Gasteiger partial charge in [-0.3, -0.25) is 0 Å². The summed E-state index contributed by atoms with van der Waals surface area (Å²) in [6.07, 6.45) is 0. The van der Waals surface area contributed by atoms with Crippen molar-refractivity contribution in [3.05, 3.63) is 53.6 Å². The van der Waals surface area contributed by atoms with E-state index in [2.05, 4.69) is 0 Å². The molecule has 0 atom stereocenters. The van der Waals surface area contributed by atoms with Crippen LogP contribution in [0.15, 0.2) is 42.5 Å². The summed E-state index contributed by atoms with van der Waals surface area (Å²) in [4.78, 5) is 22.4. The Labute approximate surface area is 108 Å². The Morgan fingerprint density at radius 3 is 2.21 bits per heavy atom. The third kappa shape index (κ3) is 2.40. The molecule has 0 aliphatic heterocycles. The van der Waals surface area contributed by atoms with Gasteiger partial charge in [0.15, 0.2) is 0 Å². The number of aromatic carboxylic acids is 2. The smallest absolute Gasteiger partial charge is 0.337 e. The number of carbonyl (C=O) groups is 2. The molecule has 5 heteroatoms. The Hall–Kier alpha value is -2.82. The first-order valence-electron chi connectivity index (χ1n) is 5.46. The van der Waals surface area contributed by atoms with Crippen LogP contribution < -0.4 is 5.73 Å². The highest BCUT2D eigenvalue weighted by atomic mass is 16.4. The van der Waals surface area contributed by atoms with Crippen LogP contribution in [0, 0.1) is 0 Å². The van der Waals surface area contributed by atoms with Crippen molar-refractivity contribution >= 4 is 17.6 Å². The number of benzene rings is 2. The van der Waals surface area contributed by atoms with Crippen molar-refractivity contribution in [3.8, 4) is 11.1 Å². The Kier molecular flexibility index (Phi) is 3.20. The third-order valence-electron chi connectivity index (χ3n) is 2.71. The van der Waals surface area contributed by atoms with Crippen molar-refractivity contribution in [1.29, 1.82) is 0 Å². The monoisotopic (exact) mass is 257 g/mol. The number of nitrogens with two attached hydrogens (primary N) is 1. The number of rotatable bonds is 3. The average molecular weight is 257 g/mol. The van der Waals surface area contributed by atoms with E-state index < -0.39 is 11.9 Å². The molecule has 0 unspecified atom stereocenters. The molecule has 0 aliphatic carbocycles. The predicted molar refractivity (Wildman–Crippen MR) is 70.2 cm³/mol. The molecular formula is C14H11NO4. The van der Waals surface area contributed by atoms with Gasteiger partial charge in [-0.1, -0.05) is 24.3 Å². The summed E-state index contributed by atoms with van der Waals surface area (Å²) in [7, 11) is 0. The van der Waals surface area contributed by atoms with Gasteiger partial charge in [0.05, 0.1) is 11.1 Å². The fourth-order valence-electron chi connectivity index (χ4n) is 1.91. The van der Waals surface area contributed by atoms with Crippen LogP contribution in [0.4, 0.5) is 5.69 Å². The molecule has 2 aromatic carbocycles. The van der Waals surface area contributed by atoms with Crippen LogP contribution in [0.2, 0.25) is 0 Å². The van der Waals surface area contributed by atoms with Gasteiger partial charge in [0.1, 0.15) is 0 Å². The van der Waals surface area contributed by atoms with E-state index in [0.29, 0.717) is 16.8 Å². The second-order valence-corrected chi connectivity index (χ2v) is 3.96. The van der Waals surface area contributed by atoms with Crippen LogP contribution >= 0.6 is 0 Å². The summed E-state index contributed by atoms with van der Waals surface area (Å²) in [5.74, 6) is -2.56. The van der Waals surface area contributed by atoms with Crippen LogP contribution in [-0.2, 0) is 0 Å². The normalized spacial score (nSPS) is 10.1. The summed E-state index contributed by atoms with van der Waals surface area (Å²) < 4.78 is 0. The highest BCUT2D eigenvalue weighted by molar-refractivity contribution is 6.06. The Morgan fingerprint density at radius 2 is 1.63 bits per heavy atom. The van der Waals surface area contributed by atoms with E-state index in [4.69, 9.17) is 10.8 Å². The number of carboxylic acid groups (broad SMARTS) is 2. The Bertz CT molecular complexity index is 664. The molecular weight excluding hydrogens is 246 g/mol. The van der Waals surface area contributed by atoms with Gasteiger partial charge < -0.3 is 15.9 Å². The second kappa shape index (κ2) is 4.81. The maximum atomic E-state index is 11.3.